The molecule has 0 bridgehead atoms. The Morgan fingerprint density at radius 1 is 0.970 bits per heavy atom. The molecule has 0 saturated carbocycles. The average molecular weight is 512 g/mol. The Morgan fingerprint density at radius 2 is 1.58 bits per heavy atom. The number of amides is 2. The summed E-state index contributed by atoms with van der Waals surface area (Å²) in [6, 6.07) is 10.6. The van der Waals surface area contributed by atoms with Crippen LogP contribution in [0.4, 0.5) is 4.79 Å². The predicted molar refractivity (Wildman–Crippen MR) is 124 cm³/mol. The number of rotatable bonds is 4. The summed E-state index contributed by atoms with van der Waals surface area (Å²) >= 11 is 12.0. The molecule has 2 saturated heterocycles. The zero-order valence-corrected chi connectivity index (χ0v) is 19.9. The van der Waals surface area contributed by atoms with Gasteiger partial charge in [0.15, 0.2) is 0 Å². The highest BCUT2D eigenvalue weighted by Gasteiger charge is 2.40. The molecule has 2 aromatic carbocycles. The standard InChI is InChI=1S/C22H23Cl2N3O5S/c23-18-7-14(8-19(24)9-18)13-32-22(29)26-6-5-16-10-27(12-17(16)11-26)21(28)15-1-3-20(4-2-15)33(25,30)31/h1-4,7-9,16-17H,5-6,10-13H2,(H2,25,30,31). The van der Waals surface area contributed by atoms with Crippen molar-refractivity contribution in [3.8, 4) is 0 Å². The van der Waals surface area contributed by atoms with Crippen LogP contribution in [-0.2, 0) is 21.4 Å². The van der Waals surface area contributed by atoms with Crippen molar-refractivity contribution in [3.63, 3.8) is 0 Å². The Kier molecular flexibility index (Phi) is 6.86. The molecule has 2 fully saturated rings. The lowest BCUT2D eigenvalue weighted by atomic mass is 9.89. The predicted octanol–water partition coefficient (Wildman–Crippen LogP) is 3.37. The van der Waals surface area contributed by atoms with E-state index in [0.717, 1.165) is 6.42 Å². The third-order valence-electron chi connectivity index (χ3n) is 6.06. The quantitative estimate of drug-likeness (QED) is 0.676. The minimum atomic E-state index is -3.81. The zero-order chi connectivity index (χ0) is 23.8. The summed E-state index contributed by atoms with van der Waals surface area (Å²) in [6.07, 6.45) is 0.365. The van der Waals surface area contributed by atoms with Crippen molar-refractivity contribution < 1.29 is 22.7 Å². The van der Waals surface area contributed by atoms with Crippen LogP contribution in [0.15, 0.2) is 47.4 Å². The van der Waals surface area contributed by atoms with E-state index in [-0.39, 0.29) is 23.3 Å². The van der Waals surface area contributed by atoms with E-state index in [1.807, 2.05) is 0 Å². The molecule has 33 heavy (non-hydrogen) atoms. The Labute approximate surface area is 202 Å². The highest BCUT2D eigenvalue weighted by atomic mass is 35.5. The van der Waals surface area contributed by atoms with Crippen molar-refractivity contribution in [2.75, 3.05) is 26.2 Å². The number of hydrogen-bond donors (Lipinski definition) is 1. The van der Waals surface area contributed by atoms with Crippen LogP contribution in [0.5, 0.6) is 0 Å². The van der Waals surface area contributed by atoms with Gasteiger partial charge in [-0.25, -0.2) is 18.4 Å². The molecule has 11 heteroatoms. The molecule has 0 aliphatic carbocycles. The Bertz CT molecular complexity index is 1150. The zero-order valence-electron chi connectivity index (χ0n) is 17.6. The Hall–Kier alpha value is -2.33. The van der Waals surface area contributed by atoms with Crippen LogP contribution < -0.4 is 5.14 Å². The summed E-state index contributed by atoms with van der Waals surface area (Å²) in [4.78, 5) is 28.9. The van der Waals surface area contributed by atoms with Gasteiger partial charge in [0.05, 0.1) is 4.90 Å². The number of benzene rings is 2. The van der Waals surface area contributed by atoms with Crippen molar-refractivity contribution in [3.05, 3.63) is 63.6 Å². The van der Waals surface area contributed by atoms with Crippen LogP contribution in [0.1, 0.15) is 22.3 Å². The molecule has 2 heterocycles. The molecular weight excluding hydrogens is 489 g/mol. The Balaban J connectivity index is 1.33. The van der Waals surface area contributed by atoms with E-state index in [0.29, 0.717) is 53.3 Å². The lowest BCUT2D eigenvalue weighted by Gasteiger charge is -2.33. The molecule has 2 aromatic rings. The van der Waals surface area contributed by atoms with Gasteiger partial charge in [0.25, 0.3) is 5.91 Å². The second kappa shape index (κ2) is 9.50. The third-order valence-corrected chi connectivity index (χ3v) is 7.43. The maximum absolute atomic E-state index is 12.9. The van der Waals surface area contributed by atoms with Crippen molar-refractivity contribution in [2.45, 2.75) is 17.9 Å². The fraction of sp³-hybridized carbons (Fsp3) is 0.364. The highest BCUT2D eigenvalue weighted by molar-refractivity contribution is 7.89. The summed E-state index contributed by atoms with van der Waals surface area (Å²) < 4.78 is 28.3. The lowest BCUT2D eigenvalue weighted by Crippen LogP contribution is -2.43. The molecule has 8 nitrogen and oxygen atoms in total. The largest absolute Gasteiger partial charge is 0.445 e. The summed E-state index contributed by atoms with van der Waals surface area (Å²) in [5.41, 5.74) is 1.11. The van der Waals surface area contributed by atoms with E-state index in [1.54, 1.807) is 28.0 Å². The van der Waals surface area contributed by atoms with E-state index in [2.05, 4.69) is 0 Å². The smallest absolute Gasteiger partial charge is 0.410 e. The average Bonchev–Trinajstić information content (AvgIpc) is 3.19. The topological polar surface area (TPSA) is 110 Å². The van der Waals surface area contributed by atoms with E-state index in [1.165, 1.54) is 24.3 Å². The Morgan fingerprint density at radius 3 is 2.21 bits per heavy atom. The van der Waals surface area contributed by atoms with Crippen molar-refractivity contribution in [2.24, 2.45) is 17.0 Å². The molecule has 2 atom stereocenters. The summed E-state index contributed by atoms with van der Waals surface area (Å²) in [6.45, 7) is 2.26. The number of carbonyl (C=O) groups excluding carboxylic acids is 2. The van der Waals surface area contributed by atoms with Gasteiger partial charge in [-0.2, -0.15) is 0 Å². The maximum atomic E-state index is 12.9. The highest BCUT2D eigenvalue weighted by Crippen LogP contribution is 2.32. The number of fused-ring (bicyclic) bond motifs is 1. The number of sulfonamides is 1. The van der Waals surface area contributed by atoms with E-state index < -0.39 is 16.1 Å². The lowest BCUT2D eigenvalue weighted by molar-refractivity contribution is 0.0729. The molecule has 0 spiro atoms. The normalized spacial score (nSPS) is 20.5. The molecule has 4 rings (SSSR count). The third kappa shape index (κ3) is 5.60. The second-order valence-corrected chi connectivity index (χ2v) is 10.8. The second-order valence-electron chi connectivity index (χ2n) is 8.37. The SMILES string of the molecule is NS(=O)(=O)c1ccc(C(=O)N2CC3CCN(C(=O)OCc4cc(Cl)cc(Cl)c4)CC3C2)cc1. The molecule has 2 N–H and O–H groups in total. The van der Waals surface area contributed by atoms with E-state index in [9.17, 15) is 18.0 Å². The number of hydrogen-bond acceptors (Lipinski definition) is 5. The first-order chi connectivity index (χ1) is 15.6. The van der Waals surface area contributed by atoms with Gasteiger partial charge in [-0.3, -0.25) is 4.79 Å². The van der Waals surface area contributed by atoms with Gasteiger partial charge in [-0.15, -0.1) is 0 Å². The van der Waals surface area contributed by atoms with Crippen LogP contribution >= 0.6 is 23.2 Å². The minimum absolute atomic E-state index is 0.0386. The maximum Gasteiger partial charge on any atom is 0.410 e. The first kappa shape index (κ1) is 23.8. The first-order valence-electron chi connectivity index (χ1n) is 10.4. The number of carbonyl (C=O) groups is 2. The molecular formula is C22H23Cl2N3O5S. The monoisotopic (exact) mass is 511 g/mol. The van der Waals surface area contributed by atoms with Crippen molar-refractivity contribution in [1.82, 2.24) is 9.80 Å². The van der Waals surface area contributed by atoms with Gasteiger partial charge in [0.1, 0.15) is 6.61 Å². The minimum Gasteiger partial charge on any atom is -0.445 e. The summed E-state index contributed by atoms with van der Waals surface area (Å²) in [5.74, 6) is 0.283. The van der Waals surface area contributed by atoms with Gasteiger partial charge in [0, 0.05) is 41.8 Å². The van der Waals surface area contributed by atoms with Crippen LogP contribution in [0.3, 0.4) is 0 Å². The molecule has 0 aromatic heterocycles. The van der Waals surface area contributed by atoms with Crippen molar-refractivity contribution >= 4 is 45.2 Å². The molecule has 2 aliphatic heterocycles. The number of nitrogens with two attached hydrogens (primary N) is 1. The number of primary sulfonamides is 1. The number of ether oxygens (including phenoxy) is 1. The molecule has 176 valence electrons. The number of likely N-dealkylation sites (tertiary alicyclic amines) is 2. The molecule has 2 amide bonds. The number of halogens is 2. The number of piperidine rings is 1. The van der Waals surface area contributed by atoms with Crippen LogP contribution in [0, 0.1) is 11.8 Å². The van der Waals surface area contributed by atoms with Gasteiger partial charge >= 0.3 is 6.09 Å². The fourth-order valence-electron chi connectivity index (χ4n) is 4.40. The fourth-order valence-corrected chi connectivity index (χ4v) is 5.49. The van der Waals surface area contributed by atoms with E-state index >= 15 is 0 Å². The van der Waals surface area contributed by atoms with Gasteiger partial charge in [-0.05, 0) is 66.3 Å². The van der Waals surface area contributed by atoms with E-state index in [4.69, 9.17) is 33.1 Å². The van der Waals surface area contributed by atoms with Crippen LogP contribution in [-0.4, -0.2) is 56.4 Å². The van der Waals surface area contributed by atoms with Crippen molar-refractivity contribution in [1.29, 1.82) is 0 Å². The van der Waals surface area contributed by atoms with Crippen LogP contribution in [0.2, 0.25) is 10.0 Å². The first-order valence-corrected chi connectivity index (χ1v) is 12.7. The van der Waals surface area contributed by atoms with Gasteiger partial charge in [0.2, 0.25) is 10.0 Å². The summed E-state index contributed by atoms with van der Waals surface area (Å²) in [7, 11) is -3.81. The molecule has 2 unspecified atom stereocenters. The molecule has 0 radical (unpaired) electrons. The molecule has 2 aliphatic rings. The number of nitrogens with zero attached hydrogens (tertiary/aromatic N) is 2. The van der Waals surface area contributed by atoms with Gasteiger partial charge in [-0.1, -0.05) is 23.2 Å². The summed E-state index contributed by atoms with van der Waals surface area (Å²) in [5, 5.41) is 6.06. The van der Waals surface area contributed by atoms with Gasteiger partial charge < -0.3 is 14.5 Å². The van der Waals surface area contributed by atoms with Crippen LogP contribution in [0.25, 0.3) is 0 Å².